The highest BCUT2D eigenvalue weighted by atomic mass is 31.2. The van der Waals surface area contributed by atoms with Crippen LogP contribution in [0.4, 0.5) is 0 Å². The van der Waals surface area contributed by atoms with Gasteiger partial charge in [0.15, 0.2) is 0 Å². The molecule has 0 aromatic heterocycles. The fourth-order valence-electron chi connectivity index (χ4n) is 10.3. The van der Waals surface area contributed by atoms with Crippen molar-refractivity contribution in [3.8, 4) is 0 Å². The van der Waals surface area contributed by atoms with Gasteiger partial charge in [0.25, 0.3) is 0 Å². The van der Waals surface area contributed by atoms with Crippen molar-refractivity contribution in [1.29, 1.82) is 0 Å². The van der Waals surface area contributed by atoms with E-state index < -0.39 is 20.0 Å². The normalized spacial score (nSPS) is 13.7. The van der Waals surface area contributed by atoms with Crippen LogP contribution in [0.25, 0.3) is 0 Å². The van der Waals surface area contributed by atoms with E-state index in [9.17, 15) is 19.4 Å². The van der Waals surface area contributed by atoms with Gasteiger partial charge in [0.05, 0.1) is 39.9 Å². The van der Waals surface area contributed by atoms with Crippen molar-refractivity contribution in [2.45, 2.75) is 360 Å². The number of carbonyl (C=O) groups is 1. The van der Waals surface area contributed by atoms with Gasteiger partial charge in [0.1, 0.15) is 13.2 Å². The number of phosphoric acid groups is 1. The summed E-state index contributed by atoms with van der Waals surface area (Å²) in [6.45, 7) is 4.96. The summed E-state index contributed by atoms with van der Waals surface area (Å²) in [6, 6.07) is -0.756. The molecule has 0 aliphatic carbocycles. The Hall–Kier alpha value is -0.500. The van der Waals surface area contributed by atoms with Crippen LogP contribution >= 0.6 is 7.82 Å². The Kier molecular flexibility index (Phi) is 54.9. The van der Waals surface area contributed by atoms with E-state index >= 15 is 0 Å². The molecular weight excluding hydrogens is 912 g/mol. The number of nitrogens with zero attached hydrogens (tertiary/aromatic N) is 1. The molecule has 432 valence electrons. The summed E-state index contributed by atoms with van der Waals surface area (Å²) in [7, 11) is 1.64. The van der Waals surface area contributed by atoms with Crippen LogP contribution < -0.4 is 5.32 Å². The fraction of sp³-hybridized carbons (Fsp3) is 0.984. The van der Waals surface area contributed by atoms with Crippen molar-refractivity contribution in [3.05, 3.63) is 0 Å². The Morgan fingerprint density at radius 1 is 0.417 bits per heavy atom. The fourth-order valence-corrected chi connectivity index (χ4v) is 11.0. The van der Waals surface area contributed by atoms with Gasteiger partial charge in [0.2, 0.25) is 5.91 Å². The van der Waals surface area contributed by atoms with Gasteiger partial charge < -0.3 is 19.8 Å². The summed E-state index contributed by atoms with van der Waals surface area (Å²) in [5.41, 5.74) is 0. The Bertz CT molecular complexity index is 1140. The van der Waals surface area contributed by atoms with Gasteiger partial charge >= 0.3 is 7.82 Å². The van der Waals surface area contributed by atoms with Crippen molar-refractivity contribution >= 4 is 13.7 Å². The molecule has 8 nitrogen and oxygen atoms in total. The molecule has 0 rings (SSSR count). The van der Waals surface area contributed by atoms with E-state index in [1.54, 1.807) is 0 Å². The highest BCUT2D eigenvalue weighted by molar-refractivity contribution is 7.47. The maximum Gasteiger partial charge on any atom is 0.472 e. The van der Waals surface area contributed by atoms with E-state index in [4.69, 9.17) is 9.05 Å². The topological polar surface area (TPSA) is 105 Å². The number of carbonyl (C=O) groups excluding carboxylic acids is 1. The number of unbranched alkanes of at least 4 members (excludes halogenated alkanes) is 48. The summed E-state index contributed by atoms with van der Waals surface area (Å²) in [4.78, 5) is 23.4. The standard InChI is InChI=1S/C63H129N2O6P/c1-6-8-10-12-14-16-18-20-22-24-26-28-29-30-31-32-33-34-35-37-38-40-42-44-46-48-50-52-54-56-62(66)61(60-71-72(68,69)70-59-58-65(3,4)5)64-63(67)57-55-53-51-49-47-45-43-41-39-36-27-25-23-21-19-17-15-13-11-9-7-2/h61-62,66H,6-60H2,1-5H3,(H-,64,67,68,69)/p+1. The van der Waals surface area contributed by atoms with Gasteiger partial charge in [-0.2, -0.15) is 0 Å². The molecule has 0 aromatic carbocycles. The second-order valence-electron chi connectivity index (χ2n) is 23.9. The SMILES string of the molecule is CCCCCCCCCCCCCCCCCCCCCCCCCCCCCCCC(O)C(COP(=O)(O)OCC[N+](C)(C)C)NC(=O)CCCCCCCCCCCCCCCCCCCCCCC. The minimum Gasteiger partial charge on any atom is -0.391 e. The average molecular weight is 1040 g/mol. The largest absolute Gasteiger partial charge is 0.472 e. The molecule has 0 radical (unpaired) electrons. The molecule has 0 aromatic rings. The zero-order valence-corrected chi connectivity index (χ0v) is 50.4. The molecule has 3 atom stereocenters. The molecule has 0 spiro atoms. The van der Waals surface area contributed by atoms with Crippen LogP contribution in [0.5, 0.6) is 0 Å². The number of phosphoric ester groups is 1. The molecule has 9 heteroatoms. The van der Waals surface area contributed by atoms with E-state index in [0.717, 1.165) is 38.5 Å². The first-order chi connectivity index (χ1) is 35.0. The van der Waals surface area contributed by atoms with E-state index in [2.05, 4.69) is 19.2 Å². The molecule has 0 bridgehead atoms. The molecule has 3 unspecified atom stereocenters. The summed E-state index contributed by atoms with van der Waals surface area (Å²) < 4.78 is 23.9. The van der Waals surface area contributed by atoms with Gasteiger partial charge in [-0.15, -0.1) is 0 Å². The van der Waals surface area contributed by atoms with E-state index in [1.165, 1.54) is 283 Å². The maximum atomic E-state index is 13.0. The summed E-state index contributed by atoms with van der Waals surface area (Å²) in [6.07, 6.45) is 67.6. The minimum atomic E-state index is -4.32. The highest BCUT2D eigenvalue weighted by Crippen LogP contribution is 2.43. The number of nitrogens with one attached hydrogen (secondary N) is 1. The Balaban J connectivity index is 4.03. The molecule has 0 heterocycles. The van der Waals surface area contributed by atoms with Crippen LogP contribution in [0.15, 0.2) is 0 Å². The molecule has 72 heavy (non-hydrogen) atoms. The molecule has 0 aliphatic heterocycles. The number of hydrogen-bond donors (Lipinski definition) is 3. The monoisotopic (exact) mass is 1040 g/mol. The van der Waals surface area contributed by atoms with E-state index in [0.29, 0.717) is 23.9 Å². The van der Waals surface area contributed by atoms with Gasteiger partial charge in [0, 0.05) is 6.42 Å². The first-order valence-corrected chi connectivity index (χ1v) is 33.9. The van der Waals surface area contributed by atoms with Crippen LogP contribution in [0.3, 0.4) is 0 Å². The zero-order valence-electron chi connectivity index (χ0n) is 49.5. The quantitative estimate of drug-likeness (QED) is 0.0318. The van der Waals surface area contributed by atoms with Gasteiger partial charge in [-0.05, 0) is 12.8 Å². The molecular formula is C63H130N2O6P+. The lowest BCUT2D eigenvalue weighted by Crippen LogP contribution is -2.46. The third-order valence-electron chi connectivity index (χ3n) is 15.4. The molecule has 0 saturated heterocycles. The summed E-state index contributed by atoms with van der Waals surface area (Å²) in [5, 5.41) is 14.1. The first-order valence-electron chi connectivity index (χ1n) is 32.4. The number of aliphatic hydroxyl groups excluding tert-OH is 1. The Labute approximate surface area is 450 Å². The second kappa shape index (κ2) is 55.3. The highest BCUT2D eigenvalue weighted by Gasteiger charge is 2.28. The van der Waals surface area contributed by atoms with Crippen molar-refractivity contribution in [1.82, 2.24) is 5.32 Å². The Morgan fingerprint density at radius 2 is 0.667 bits per heavy atom. The van der Waals surface area contributed by atoms with Crippen LogP contribution in [0.2, 0.25) is 0 Å². The smallest absolute Gasteiger partial charge is 0.391 e. The van der Waals surface area contributed by atoms with Crippen molar-refractivity contribution in [2.24, 2.45) is 0 Å². The predicted octanol–water partition coefficient (Wildman–Crippen LogP) is 20.0. The van der Waals surface area contributed by atoms with Gasteiger partial charge in [-0.25, -0.2) is 4.57 Å². The van der Waals surface area contributed by atoms with Crippen molar-refractivity contribution in [3.63, 3.8) is 0 Å². The van der Waals surface area contributed by atoms with E-state index in [1.807, 2.05) is 21.1 Å². The third-order valence-corrected chi connectivity index (χ3v) is 16.3. The van der Waals surface area contributed by atoms with Crippen LogP contribution in [0.1, 0.15) is 348 Å². The maximum absolute atomic E-state index is 13.0. The average Bonchev–Trinajstić information content (AvgIpc) is 3.34. The lowest BCUT2D eigenvalue weighted by atomic mass is 10.0. The van der Waals surface area contributed by atoms with Crippen LogP contribution in [-0.2, 0) is 18.4 Å². The molecule has 3 N–H and O–H groups in total. The van der Waals surface area contributed by atoms with Crippen LogP contribution in [0, 0.1) is 0 Å². The summed E-state index contributed by atoms with van der Waals surface area (Å²) >= 11 is 0. The number of aliphatic hydroxyl groups is 1. The molecule has 1 amide bonds. The van der Waals surface area contributed by atoms with Crippen molar-refractivity contribution in [2.75, 3.05) is 40.9 Å². The Morgan fingerprint density at radius 3 is 0.931 bits per heavy atom. The zero-order chi connectivity index (χ0) is 52.7. The van der Waals surface area contributed by atoms with E-state index in [-0.39, 0.29) is 19.1 Å². The predicted molar refractivity (Wildman–Crippen MR) is 314 cm³/mol. The second-order valence-corrected chi connectivity index (χ2v) is 25.3. The molecule has 0 saturated carbocycles. The van der Waals surface area contributed by atoms with Gasteiger partial charge in [-0.1, -0.05) is 328 Å². The number of rotatable bonds is 61. The number of hydrogen-bond acceptors (Lipinski definition) is 5. The number of likely N-dealkylation sites (N-methyl/N-ethyl adjacent to an activating group) is 1. The number of quaternary nitrogens is 1. The lowest BCUT2D eigenvalue weighted by molar-refractivity contribution is -0.870. The van der Waals surface area contributed by atoms with Crippen molar-refractivity contribution < 1.29 is 32.9 Å². The molecule has 0 aliphatic rings. The lowest BCUT2D eigenvalue weighted by Gasteiger charge is -2.26. The number of amides is 1. The minimum absolute atomic E-state index is 0.0793. The summed E-state index contributed by atoms with van der Waals surface area (Å²) in [5.74, 6) is -0.134. The third kappa shape index (κ3) is 57.2. The molecule has 0 fully saturated rings. The van der Waals surface area contributed by atoms with Gasteiger partial charge in [-0.3, -0.25) is 13.8 Å². The first kappa shape index (κ1) is 71.5. The van der Waals surface area contributed by atoms with Crippen LogP contribution in [-0.4, -0.2) is 73.4 Å².